The van der Waals surface area contributed by atoms with E-state index in [0.29, 0.717) is 17.4 Å². The Labute approximate surface area is 119 Å². The van der Waals surface area contributed by atoms with Crippen LogP contribution < -0.4 is 16.0 Å². The molecule has 0 atom stereocenters. The second-order valence-electron chi connectivity index (χ2n) is 4.43. The number of amides is 1. The lowest BCUT2D eigenvalue weighted by molar-refractivity contribution is -0.119. The summed E-state index contributed by atoms with van der Waals surface area (Å²) in [4.78, 5) is 18.1. The largest absolute Gasteiger partial charge is 0.389 e. The van der Waals surface area contributed by atoms with E-state index in [4.69, 9.17) is 18.0 Å². The Kier molecular flexibility index (Phi) is 5.69. The van der Waals surface area contributed by atoms with Gasteiger partial charge in [-0.05, 0) is 25.5 Å². The normalized spacial score (nSPS) is 10.1. The van der Waals surface area contributed by atoms with Gasteiger partial charge in [-0.1, -0.05) is 19.1 Å². The molecule has 1 aromatic rings. The fraction of sp³-hybridized carbons (Fsp3) is 0.462. The number of aryl methyl sites for hydroxylation is 1. The van der Waals surface area contributed by atoms with Gasteiger partial charge in [-0.2, -0.15) is 0 Å². The van der Waals surface area contributed by atoms with E-state index in [2.05, 4.69) is 10.3 Å². The highest BCUT2D eigenvalue weighted by Gasteiger charge is 2.10. The molecule has 104 valence electrons. The topological polar surface area (TPSA) is 71.2 Å². The van der Waals surface area contributed by atoms with Crippen molar-refractivity contribution >= 4 is 28.9 Å². The van der Waals surface area contributed by atoms with E-state index in [-0.39, 0.29) is 12.5 Å². The van der Waals surface area contributed by atoms with E-state index in [9.17, 15) is 4.79 Å². The molecule has 19 heavy (non-hydrogen) atoms. The van der Waals surface area contributed by atoms with Crippen LogP contribution in [0.5, 0.6) is 0 Å². The van der Waals surface area contributed by atoms with Crippen LogP contribution in [0.1, 0.15) is 24.6 Å². The van der Waals surface area contributed by atoms with E-state index in [1.807, 2.05) is 27.0 Å². The number of aromatic nitrogens is 1. The molecule has 1 rings (SSSR count). The molecule has 3 N–H and O–H groups in total. The van der Waals surface area contributed by atoms with Gasteiger partial charge in [-0.25, -0.2) is 4.98 Å². The number of hydrogen-bond acceptors (Lipinski definition) is 4. The molecule has 6 heteroatoms. The monoisotopic (exact) mass is 280 g/mol. The lowest BCUT2D eigenvalue weighted by atomic mass is 10.2. The van der Waals surface area contributed by atoms with Crippen LogP contribution in [0.3, 0.4) is 0 Å². The van der Waals surface area contributed by atoms with Crippen molar-refractivity contribution < 1.29 is 4.79 Å². The molecule has 0 aliphatic rings. The molecular weight excluding hydrogens is 260 g/mol. The molecule has 5 nitrogen and oxygen atoms in total. The lowest BCUT2D eigenvalue weighted by Gasteiger charge is -2.19. The third-order valence-corrected chi connectivity index (χ3v) is 2.80. The molecule has 0 aliphatic carbocycles. The Hall–Kier alpha value is -1.69. The molecule has 0 radical (unpaired) electrons. The minimum Gasteiger partial charge on any atom is -0.389 e. The predicted octanol–water partition coefficient (Wildman–Crippen LogP) is 0.987. The van der Waals surface area contributed by atoms with Crippen molar-refractivity contribution in [3.63, 3.8) is 0 Å². The molecule has 0 saturated heterocycles. The first-order valence-electron chi connectivity index (χ1n) is 6.20. The molecule has 0 saturated carbocycles. The van der Waals surface area contributed by atoms with Crippen LogP contribution >= 0.6 is 12.2 Å². The maximum Gasteiger partial charge on any atom is 0.239 e. The summed E-state index contributed by atoms with van der Waals surface area (Å²) in [7, 11) is 1.82. The number of hydrogen-bond donors (Lipinski definition) is 2. The summed E-state index contributed by atoms with van der Waals surface area (Å²) >= 11 is 4.97. The molecule has 0 aromatic carbocycles. The highest BCUT2D eigenvalue weighted by atomic mass is 32.1. The van der Waals surface area contributed by atoms with Crippen molar-refractivity contribution in [1.82, 2.24) is 10.3 Å². The van der Waals surface area contributed by atoms with Crippen molar-refractivity contribution in [3.8, 4) is 0 Å². The summed E-state index contributed by atoms with van der Waals surface area (Å²) in [6.07, 6.45) is 0.920. The molecular formula is C13H20N4OS. The van der Waals surface area contributed by atoms with E-state index in [1.54, 1.807) is 11.0 Å². The van der Waals surface area contributed by atoms with Crippen LogP contribution in [0.4, 0.5) is 5.82 Å². The molecule has 1 heterocycles. The zero-order valence-electron chi connectivity index (χ0n) is 11.6. The number of anilines is 1. The van der Waals surface area contributed by atoms with Gasteiger partial charge in [0, 0.05) is 24.8 Å². The number of rotatable bonds is 6. The predicted molar refractivity (Wildman–Crippen MR) is 81.4 cm³/mol. The van der Waals surface area contributed by atoms with Crippen molar-refractivity contribution in [2.24, 2.45) is 5.73 Å². The van der Waals surface area contributed by atoms with Crippen molar-refractivity contribution in [3.05, 3.63) is 23.4 Å². The number of nitrogens with one attached hydrogen (secondary N) is 1. The first-order valence-corrected chi connectivity index (χ1v) is 6.61. The van der Waals surface area contributed by atoms with Gasteiger partial charge in [-0.15, -0.1) is 0 Å². The van der Waals surface area contributed by atoms with Gasteiger partial charge in [0.15, 0.2) is 0 Å². The SMILES string of the molecule is CCCNC(=O)CN(C)c1cc(C(N)=S)cc(C)n1. The van der Waals surface area contributed by atoms with E-state index in [1.165, 1.54) is 0 Å². The Morgan fingerprint density at radius 2 is 2.21 bits per heavy atom. The number of likely N-dealkylation sites (N-methyl/N-ethyl adjacent to an activating group) is 1. The Morgan fingerprint density at radius 1 is 1.53 bits per heavy atom. The molecule has 1 aromatic heterocycles. The average molecular weight is 280 g/mol. The average Bonchev–Trinajstić information content (AvgIpc) is 2.35. The maximum atomic E-state index is 11.7. The highest BCUT2D eigenvalue weighted by molar-refractivity contribution is 7.80. The van der Waals surface area contributed by atoms with Crippen LogP contribution in [0.25, 0.3) is 0 Å². The van der Waals surface area contributed by atoms with Gasteiger partial charge < -0.3 is 16.0 Å². The van der Waals surface area contributed by atoms with Crippen LogP contribution in [-0.4, -0.2) is 36.0 Å². The molecule has 0 spiro atoms. The summed E-state index contributed by atoms with van der Waals surface area (Å²) in [5.41, 5.74) is 7.21. The van der Waals surface area contributed by atoms with Gasteiger partial charge in [0.1, 0.15) is 10.8 Å². The van der Waals surface area contributed by atoms with Gasteiger partial charge in [0.2, 0.25) is 5.91 Å². The van der Waals surface area contributed by atoms with Gasteiger partial charge in [0.25, 0.3) is 0 Å². The number of nitrogens with two attached hydrogens (primary N) is 1. The van der Waals surface area contributed by atoms with Gasteiger partial charge in [0.05, 0.1) is 6.54 Å². The van der Waals surface area contributed by atoms with Crippen LogP contribution in [-0.2, 0) is 4.79 Å². The number of thiocarbonyl (C=S) groups is 1. The zero-order valence-corrected chi connectivity index (χ0v) is 12.4. The minimum absolute atomic E-state index is 0.0236. The molecule has 0 fully saturated rings. The summed E-state index contributed by atoms with van der Waals surface area (Å²) in [6, 6.07) is 3.62. The first kappa shape index (κ1) is 15.4. The molecule has 0 unspecified atom stereocenters. The van der Waals surface area contributed by atoms with Crippen LogP contribution in [0.2, 0.25) is 0 Å². The maximum absolute atomic E-state index is 11.7. The number of nitrogens with zero attached hydrogens (tertiary/aromatic N) is 2. The highest BCUT2D eigenvalue weighted by Crippen LogP contribution is 2.13. The minimum atomic E-state index is -0.0236. The van der Waals surface area contributed by atoms with Crippen LogP contribution in [0, 0.1) is 6.92 Å². The Bertz CT molecular complexity index is 476. The number of pyridine rings is 1. The second kappa shape index (κ2) is 7.04. The summed E-state index contributed by atoms with van der Waals surface area (Å²) in [5, 5.41) is 2.83. The standard InChI is InChI=1S/C13H20N4OS/c1-4-5-15-12(18)8-17(3)11-7-10(13(14)19)6-9(2)16-11/h6-7H,4-5,8H2,1-3H3,(H2,14,19)(H,15,18). The summed E-state index contributed by atoms with van der Waals surface area (Å²) in [6.45, 7) is 4.83. The zero-order chi connectivity index (χ0) is 14.4. The van der Waals surface area contributed by atoms with Crippen LogP contribution in [0.15, 0.2) is 12.1 Å². The summed E-state index contributed by atoms with van der Waals surface area (Å²) in [5.74, 6) is 0.666. The van der Waals surface area contributed by atoms with Crippen molar-refractivity contribution in [2.45, 2.75) is 20.3 Å². The molecule has 0 aliphatic heterocycles. The first-order chi connectivity index (χ1) is 8.93. The fourth-order valence-corrected chi connectivity index (χ4v) is 1.72. The van der Waals surface area contributed by atoms with Crippen molar-refractivity contribution in [2.75, 3.05) is 25.0 Å². The number of carbonyl (C=O) groups excluding carboxylic acids is 1. The van der Waals surface area contributed by atoms with Crippen molar-refractivity contribution in [1.29, 1.82) is 0 Å². The molecule has 1 amide bonds. The third-order valence-electron chi connectivity index (χ3n) is 2.57. The van der Waals surface area contributed by atoms with Gasteiger partial charge >= 0.3 is 0 Å². The summed E-state index contributed by atoms with van der Waals surface area (Å²) < 4.78 is 0. The quantitative estimate of drug-likeness (QED) is 0.760. The third kappa shape index (κ3) is 4.82. The lowest BCUT2D eigenvalue weighted by Crippen LogP contribution is -2.36. The fourth-order valence-electron chi connectivity index (χ4n) is 1.61. The van der Waals surface area contributed by atoms with E-state index >= 15 is 0 Å². The number of carbonyl (C=O) groups is 1. The Balaban J connectivity index is 2.79. The smallest absolute Gasteiger partial charge is 0.239 e. The van der Waals surface area contributed by atoms with Gasteiger partial charge in [-0.3, -0.25) is 4.79 Å². The Morgan fingerprint density at radius 3 is 2.79 bits per heavy atom. The molecule has 0 bridgehead atoms. The van der Waals surface area contributed by atoms with E-state index in [0.717, 1.165) is 17.7 Å². The second-order valence-corrected chi connectivity index (χ2v) is 4.87. The van der Waals surface area contributed by atoms with E-state index < -0.39 is 0 Å².